The minimum absolute atomic E-state index is 0.0162. The highest BCUT2D eigenvalue weighted by Gasteiger charge is 2.28. The summed E-state index contributed by atoms with van der Waals surface area (Å²) in [5.74, 6) is -2.16. The molecule has 2 N–H and O–H groups in total. The lowest BCUT2D eigenvalue weighted by Crippen LogP contribution is -2.41. The van der Waals surface area contributed by atoms with Crippen molar-refractivity contribution in [1.29, 1.82) is 0 Å². The van der Waals surface area contributed by atoms with Crippen LogP contribution in [0.15, 0.2) is 17.0 Å². The van der Waals surface area contributed by atoms with E-state index < -0.39 is 27.9 Å². The van der Waals surface area contributed by atoms with E-state index in [4.69, 9.17) is 9.84 Å². The van der Waals surface area contributed by atoms with Crippen LogP contribution in [0.25, 0.3) is 0 Å². The molecule has 0 heterocycles. The van der Waals surface area contributed by atoms with Gasteiger partial charge in [-0.25, -0.2) is 12.8 Å². The number of methoxy groups -OCH3 is 1. The Hall–Kier alpha value is -1.67. The number of carboxylic acid groups (broad SMARTS) is 1. The molecule has 0 amide bonds. The average molecular weight is 333 g/mol. The Bertz CT molecular complexity index is 657. The van der Waals surface area contributed by atoms with Crippen molar-refractivity contribution < 1.29 is 27.4 Å². The summed E-state index contributed by atoms with van der Waals surface area (Å²) < 4.78 is 45.5. The van der Waals surface area contributed by atoms with Crippen LogP contribution in [-0.2, 0) is 14.8 Å². The molecule has 0 aliphatic carbocycles. The van der Waals surface area contributed by atoms with E-state index >= 15 is 0 Å². The number of benzene rings is 1. The van der Waals surface area contributed by atoms with Gasteiger partial charge in [-0.15, -0.1) is 0 Å². The summed E-state index contributed by atoms with van der Waals surface area (Å²) in [4.78, 5) is 10.9. The molecule has 124 valence electrons. The maximum atomic E-state index is 14.0. The highest BCUT2D eigenvalue weighted by atomic mass is 32.2. The SMILES string of the molecule is COc1ccc(S(=O)(=O)N[C@@H](CC(C)C)C(=O)O)c(C)c1F. The van der Waals surface area contributed by atoms with Gasteiger partial charge in [0.25, 0.3) is 0 Å². The summed E-state index contributed by atoms with van der Waals surface area (Å²) in [6.45, 7) is 4.86. The zero-order chi connectivity index (χ0) is 17.1. The predicted molar refractivity (Wildman–Crippen MR) is 78.9 cm³/mol. The number of rotatable bonds is 7. The molecule has 1 atom stereocenters. The molecule has 0 radical (unpaired) electrons. The van der Waals surface area contributed by atoms with Crippen LogP contribution >= 0.6 is 0 Å². The number of aliphatic carboxylic acids is 1. The number of hydrogen-bond donors (Lipinski definition) is 2. The number of halogens is 1. The maximum absolute atomic E-state index is 14.0. The number of ether oxygens (including phenoxy) is 1. The first-order chi connectivity index (χ1) is 10.1. The number of nitrogens with one attached hydrogen (secondary N) is 1. The van der Waals surface area contributed by atoms with Gasteiger partial charge in [-0.3, -0.25) is 4.79 Å². The predicted octanol–water partition coefficient (Wildman–Crippen LogP) is 1.92. The first-order valence-corrected chi connectivity index (χ1v) is 8.16. The van der Waals surface area contributed by atoms with Crippen LogP contribution in [0.3, 0.4) is 0 Å². The Balaban J connectivity index is 3.19. The van der Waals surface area contributed by atoms with Crippen molar-refractivity contribution in [2.75, 3.05) is 7.11 Å². The van der Waals surface area contributed by atoms with Gasteiger partial charge in [-0.1, -0.05) is 13.8 Å². The summed E-state index contributed by atoms with van der Waals surface area (Å²) in [6, 6.07) is 1.11. The molecule has 22 heavy (non-hydrogen) atoms. The molecule has 6 nitrogen and oxygen atoms in total. The van der Waals surface area contributed by atoms with Gasteiger partial charge in [0.15, 0.2) is 11.6 Å². The van der Waals surface area contributed by atoms with Crippen LogP contribution in [-0.4, -0.2) is 32.6 Å². The maximum Gasteiger partial charge on any atom is 0.321 e. The second-order valence-electron chi connectivity index (χ2n) is 5.35. The van der Waals surface area contributed by atoms with Gasteiger partial charge in [-0.2, -0.15) is 4.72 Å². The second-order valence-corrected chi connectivity index (χ2v) is 7.03. The van der Waals surface area contributed by atoms with Crippen molar-refractivity contribution in [2.45, 2.75) is 38.1 Å². The lowest BCUT2D eigenvalue weighted by molar-refractivity contribution is -0.139. The molecular weight excluding hydrogens is 313 g/mol. The molecular formula is C14H20FNO5S. The molecule has 0 aliphatic rings. The summed E-state index contributed by atoms with van der Waals surface area (Å²) >= 11 is 0. The van der Waals surface area contributed by atoms with Crippen molar-refractivity contribution in [3.8, 4) is 5.75 Å². The molecule has 0 spiro atoms. The van der Waals surface area contributed by atoms with Gasteiger partial charge in [0.05, 0.1) is 12.0 Å². The van der Waals surface area contributed by atoms with Gasteiger partial charge in [0.1, 0.15) is 6.04 Å². The first kappa shape index (κ1) is 18.4. The number of carbonyl (C=O) groups is 1. The van der Waals surface area contributed by atoms with Gasteiger partial charge < -0.3 is 9.84 Å². The standard InChI is InChI=1S/C14H20FNO5S/c1-8(2)7-10(14(17)18)16-22(19,20)12-6-5-11(21-4)13(15)9(12)3/h5-6,8,10,16H,7H2,1-4H3,(H,17,18)/t10-/m0/s1. The Morgan fingerprint density at radius 2 is 2.00 bits per heavy atom. The summed E-state index contributed by atoms with van der Waals surface area (Å²) in [6.07, 6.45) is 0.131. The highest BCUT2D eigenvalue weighted by molar-refractivity contribution is 7.89. The largest absolute Gasteiger partial charge is 0.494 e. The third-order valence-electron chi connectivity index (χ3n) is 3.11. The van der Waals surface area contributed by atoms with Crippen molar-refractivity contribution in [2.24, 2.45) is 5.92 Å². The molecule has 8 heteroatoms. The van der Waals surface area contributed by atoms with E-state index in [1.54, 1.807) is 13.8 Å². The molecule has 0 bridgehead atoms. The summed E-state index contributed by atoms with van der Waals surface area (Å²) in [5.41, 5.74) is -0.125. The fourth-order valence-electron chi connectivity index (χ4n) is 2.01. The topological polar surface area (TPSA) is 92.7 Å². The molecule has 0 aliphatic heterocycles. The van der Waals surface area contributed by atoms with E-state index in [9.17, 15) is 17.6 Å². The molecule has 1 aromatic rings. The van der Waals surface area contributed by atoms with Crippen molar-refractivity contribution >= 4 is 16.0 Å². The minimum atomic E-state index is -4.15. The quantitative estimate of drug-likeness (QED) is 0.795. The molecule has 0 aromatic heterocycles. The minimum Gasteiger partial charge on any atom is -0.494 e. The second kappa shape index (κ2) is 7.06. The number of sulfonamides is 1. The van der Waals surface area contributed by atoms with Gasteiger partial charge in [-0.05, 0) is 31.4 Å². The summed E-state index contributed by atoms with van der Waals surface area (Å²) in [7, 11) is -2.88. The third kappa shape index (κ3) is 4.17. The van der Waals surface area contributed by atoms with Crippen molar-refractivity contribution in [3.63, 3.8) is 0 Å². The van der Waals surface area contributed by atoms with Crippen LogP contribution in [0.1, 0.15) is 25.8 Å². The lowest BCUT2D eigenvalue weighted by atomic mass is 10.1. The van der Waals surface area contributed by atoms with Crippen molar-refractivity contribution in [3.05, 3.63) is 23.5 Å². The van der Waals surface area contributed by atoms with Crippen molar-refractivity contribution in [1.82, 2.24) is 4.72 Å². The fraction of sp³-hybridized carbons (Fsp3) is 0.500. The normalized spacial score (nSPS) is 13.2. The van der Waals surface area contributed by atoms with Crippen LogP contribution in [0, 0.1) is 18.7 Å². The van der Waals surface area contributed by atoms with E-state index in [-0.39, 0.29) is 28.5 Å². The van der Waals surface area contributed by atoms with Gasteiger partial charge in [0.2, 0.25) is 10.0 Å². The fourth-order valence-corrected chi connectivity index (χ4v) is 3.45. The van der Waals surface area contributed by atoms with Gasteiger partial charge >= 0.3 is 5.97 Å². The average Bonchev–Trinajstić information content (AvgIpc) is 2.39. The Morgan fingerprint density at radius 1 is 1.41 bits per heavy atom. The zero-order valence-corrected chi connectivity index (χ0v) is 13.7. The van der Waals surface area contributed by atoms with E-state index in [0.717, 1.165) is 0 Å². The van der Waals surface area contributed by atoms with Crippen LogP contribution in [0.5, 0.6) is 5.75 Å². The molecule has 1 aromatic carbocycles. The van der Waals surface area contributed by atoms with E-state index in [2.05, 4.69) is 4.72 Å². The highest BCUT2D eigenvalue weighted by Crippen LogP contribution is 2.26. The van der Waals surface area contributed by atoms with E-state index in [1.165, 1.54) is 26.2 Å². The van der Waals surface area contributed by atoms with Crippen LogP contribution < -0.4 is 9.46 Å². The third-order valence-corrected chi connectivity index (χ3v) is 4.73. The molecule has 0 saturated carbocycles. The monoisotopic (exact) mass is 333 g/mol. The van der Waals surface area contributed by atoms with Gasteiger partial charge in [0, 0.05) is 5.56 Å². The molecule has 0 saturated heterocycles. The number of carboxylic acids is 1. The first-order valence-electron chi connectivity index (χ1n) is 6.68. The Kier molecular flexibility index (Phi) is 5.90. The van der Waals surface area contributed by atoms with Crippen LogP contribution in [0.2, 0.25) is 0 Å². The Labute approximate surface area is 129 Å². The lowest BCUT2D eigenvalue weighted by Gasteiger charge is -2.18. The molecule has 0 fully saturated rings. The summed E-state index contributed by atoms with van der Waals surface area (Å²) in [5, 5.41) is 9.12. The number of hydrogen-bond acceptors (Lipinski definition) is 4. The smallest absolute Gasteiger partial charge is 0.321 e. The Morgan fingerprint density at radius 3 is 2.45 bits per heavy atom. The van der Waals surface area contributed by atoms with Crippen LogP contribution in [0.4, 0.5) is 4.39 Å². The molecule has 1 rings (SSSR count). The van der Waals surface area contributed by atoms with E-state index in [1.807, 2.05) is 0 Å². The van der Waals surface area contributed by atoms with E-state index in [0.29, 0.717) is 0 Å². The zero-order valence-electron chi connectivity index (χ0n) is 12.9. The molecule has 0 unspecified atom stereocenters.